The van der Waals surface area contributed by atoms with E-state index in [0.717, 1.165) is 35.7 Å². The quantitative estimate of drug-likeness (QED) is 0.334. The van der Waals surface area contributed by atoms with Crippen molar-refractivity contribution in [2.24, 2.45) is 0 Å². The van der Waals surface area contributed by atoms with Gasteiger partial charge in [0.15, 0.2) is 0 Å². The minimum Gasteiger partial charge on any atom is -0.493 e. The van der Waals surface area contributed by atoms with Crippen LogP contribution in [-0.4, -0.2) is 46.6 Å². The number of aromatic nitrogens is 2. The summed E-state index contributed by atoms with van der Waals surface area (Å²) < 4.78 is 11.5. The molecule has 31 heavy (non-hydrogen) atoms. The summed E-state index contributed by atoms with van der Waals surface area (Å²) in [5.41, 5.74) is 2.10. The maximum Gasteiger partial charge on any atom is 0.247 e. The Morgan fingerprint density at radius 3 is 2.55 bits per heavy atom. The average Bonchev–Trinajstić information content (AvgIpc) is 3.26. The highest BCUT2D eigenvalue weighted by atomic mass is 32.2. The molecule has 3 aromatic rings. The van der Waals surface area contributed by atoms with Crippen molar-refractivity contribution in [3.8, 4) is 17.2 Å². The Hall–Kier alpha value is -2.57. The second kappa shape index (κ2) is 12.3. The Morgan fingerprint density at radius 1 is 1.06 bits per heavy atom. The Kier molecular flexibility index (Phi) is 9.18. The molecule has 0 saturated carbocycles. The summed E-state index contributed by atoms with van der Waals surface area (Å²) >= 11 is 1.72. The van der Waals surface area contributed by atoms with E-state index in [9.17, 15) is 0 Å². The van der Waals surface area contributed by atoms with Crippen LogP contribution in [-0.2, 0) is 5.75 Å². The van der Waals surface area contributed by atoms with Crippen LogP contribution in [0.1, 0.15) is 32.2 Å². The topological polar surface area (TPSA) is 51.4 Å². The minimum absolute atomic E-state index is 0.554. The Morgan fingerprint density at radius 2 is 1.84 bits per heavy atom. The lowest BCUT2D eigenvalue weighted by Crippen LogP contribution is -2.30. The van der Waals surface area contributed by atoms with Gasteiger partial charge in [0, 0.05) is 23.9 Å². The first-order valence-corrected chi connectivity index (χ1v) is 11.9. The first kappa shape index (κ1) is 23.1. The van der Waals surface area contributed by atoms with Gasteiger partial charge in [-0.3, -0.25) is 4.90 Å². The van der Waals surface area contributed by atoms with Crippen molar-refractivity contribution >= 4 is 17.8 Å². The van der Waals surface area contributed by atoms with Crippen LogP contribution in [0.15, 0.2) is 65.1 Å². The Balaban J connectivity index is 1.43. The van der Waals surface area contributed by atoms with Crippen LogP contribution in [0.4, 0.5) is 0 Å². The fraction of sp³-hybridized carbons (Fsp3) is 0.360. The molecule has 0 fully saturated rings. The Labute approximate surface area is 189 Å². The second-order valence-corrected chi connectivity index (χ2v) is 8.53. The van der Waals surface area contributed by atoms with Crippen LogP contribution in [0.2, 0.25) is 0 Å². The van der Waals surface area contributed by atoms with Gasteiger partial charge in [-0.05, 0) is 50.2 Å². The van der Waals surface area contributed by atoms with Gasteiger partial charge in [0.25, 0.3) is 0 Å². The van der Waals surface area contributed by atoms with Crippen LogP contribution in [0.25, 0.3) is 17.5 Å². The Bertz CT molecular complexity index is 923. The largest absolute Gasteiger partial charge is 0.493 e. The first-order valence-electron chi connectivity index (χ1n) is 10.7. The molecule has 0 aliphatic rings. The highest BCUT2D eigenvalue weighted by molar-refractivity contribution is 7.98. The van der Waals surface area contributed by atoms with E-state index in [0.29, 0.717) is 30.2 Å². The number of rotatable bonds is 12. The van der Waals surface area contributed by atoms with Gasteiger partial charge in [-0.1, -0.05) is 49.4 Å². The SMILES string of the molecule is CCN(CC=Cc1ccc(-c2nnc(CSCCOc3ccccc3)o2)cc1)C(C)C. The molecular weight excluding hydrogens is 406 g/mol. The van der Waals surface area contributed by atoms with E-state index in [1.54, 1.807) is 11.8 Å². The molecule has 0 radical (unpaired) electrons. The maximum absolute atomic E-state index is 5.82. The van der Waals surface area contributed by atoms with E-state index < -0.39 is 0 Å². The number of para-hydroxylation sites is 1. The lowest BCUT2D eigenvalue weighted by Gasteiger charge is -2.22. The van der Waals surface area contributed by atoms with Gasteiger partial charge in [-0.2, -0.15) is 0 Å². The van der Waals surface area contributed by atoms with E-state index in [1.165, 1.54) is 0 Å². The van der Waals surface area contributed by atoms with Gasteiger partial charge in [-0.15, -0.1) is 22.0 Å². The molecule has 0 bridgehead atoms. The fourth-order valence-corrected chi connectivity index (χ4v) is 3.73. The van der Waals surface area contributed by atoms with Crippen LogP contribution in [0.3, 0.4) is 0 Å². The summed E-state index contributed by atoms with van der Waals surface area (Å²) in [7, 11) is 0. The van der Waals surface area contributed by atoms with E-state index >= 15 is 0 Å². The van der Waals surface area contributed by atoms with Gasteiger partial charge in [0.1, 0.15) is 5.75 Å². The van der Waals surface area contributed by atoms with E-state index in [2.05, 4.69) is 60.2 Å². The zero-order chi connectivity index (χ0) is 21.9. The summed E-state index contributed by atoms with van der Waals surface area (Å²) in [5.74, 6) is 3.63. The number of thioether (sulfide) groups is 1. The molecule has 0 unspecified atom stereocenters. The van der Waals surface area contributed by atoms with Gasteiger partial charge in [-0.25, -0.2) is 0 Å². The van der Waals surface area contributed by atoms with Crippen LogP contribution >= 0.6 is 11.8 Å². The summed E-state index contributed by atoms with van der Waals surface area (Å²) in [4.78, 5) is 2.41. The average molecular weight is 438 g/mol. The molecular formula is C25H31N3O2S. The smallest absolute Gasteiger partial charge is 0.247 e. The fourth-order valence-electron chi connectivity index (χ4n) is 3.09. The first-order chi connectivity index (χ1) is 15.2. The standard InChI is InChI=1S/C25H31N3O2S/c1-4-28(20(2)3)16-8-9-21-12-14-22(15-13-21)25-27-26-24(30-25)19-31-18-17-29-23-10-6-5-7-11-23/h5-15,20H,4,16-19H2,1-3H3. The summed E-state index contributed by atoms with van der Waals surface area (Å²) in [5, 5.41) is 8.36. The maximum atomic E-state index is 5.82. The number of nitrogens with zero attached hydrogens (tertiary/aromatic N) is 3. The summed E-state index contributed by atoms with van der Waals surface area (Å²) in [6.07, 6.45) is 4.37. The van der Waals surface area contributed by atoms with Crippen LogP contribution < -0.4 is 4.74 Å². The highest BCUT2D eigenvalue weighted by Gasteiger charge is 2.09. The van der Waals surface area contributed by atoms with E-state index in [1.807, 2.05) is 42.5 Å². The minimum atomic E-state index is 0.554. The van der Waals surface area contributed by atoms with Gasteiger partial charge in [0.2, 0.25) is 11.8 Å². The van der Waals surface area contributed by atoms with Crippen LogP contribution in [0, 0.1) is 0 Å². The number of hydrogen-bond donors (Lipinski definition) is 0. The molecule has 1 heterocycles. The molecule has 0 saturated heterocycles. The molecule has 5 nitrogen and oxygen atoms in total. The zero-order valence-corrected chi connectivity index (χ0v) is 19.3. The molecule has 0 aliphatic carbocycles. The molecule has 164 valence electrons. The van der Waals surface area contributed by atoms with Crippen molar-refractivity contribution in [2.75, 3.05) is 25.4 Å². The third-order valence-corrected chi connectivity index (χ3v) is 5.78. The molecule has 0 amide bonds. The van der Waals surface area contributed by atoms with Crippen molar-refractivity contribution in [3.05, 3.63) is 72.1 Å². The van der Waals surface area contributed by atoms with Gasteiger partial charge in [0.05, 0.1) is 12.4 Å². The molecule has 0 N–H and O–H groups in total. The third kappa shape index (κ3) is 7.56. The third-order valence-electron chi connectivity index (χ3n) is 4.88. The second-order valence-electron chi connectivity index (χ2n) is 7.42. The summed E-state index contributed by atoms with van der Waals surface area (Å²) in [6.45, 7) is 9.30. The summed E-state index contributed by atoms with van der Waals surface area (Å²) in [6, 6.07) is 18.6. The van der Waals surface area contributed by atoms with Crippen molar-refractivity contribution < 1.29 is 9.15 Å². The molecule has 0 aliphatic heterocycles. The van der Waals surface area contributed by atoms with Crippen molar-refractivity contribution in [3.63, 3.8) is 0 Å². The van der Waals surface area contributed by atoms with Crippen molar-refractivity contribution in [1.82, 2.24) is 15.1 Å². The lowest BCUT2D eigenvalue weighted by atomic mass is 10.1. The van der Waals surface area contributed by atoms with Gasteiger partial charge >= 0.3 is 0 Å². The monoisotopic (exact) mass is 437 g/mol. The lowest BCUT2D eigenvalue weighted by molar-refractivity contribution is 0.260. The molecule has 0 atom stereocenters. The number of likely N-dealkylation sites (N-methyl/N-ethyl adjacent to an activating group) is 1. The van der Waals surface area contributed by atoms with Crippen LogP contribution in [0.5, 0.6) is 5.75 Å². The molecule has 1 aromatic heterocycles. The molecule has 3 rings (SSSR count). The molecule has 2 aromatic carbocycles. The molecule has 0 spiro atoms. The van der Waals surface area contributed by atoms with Crippen molar-refractivity contribution in [1.29, 1.82) is 0 Å². The van der Waals surface area contributed by atoms with E-state index in [-0.39, 0.29) is 0 Å². The van der Waals surface area contributed by atoms with Gasteiger partial charge < -0.3 is 9.15 Å². The van der Waals surface area contributed by atoms with E-state index in [4.69, 9.17) is 9.15 Å². The predicted octanol–water partition coefficient (Wildman–Crippen LogP) is 5.79. The number of benzene rings is 2. The normalized spacial score (nSPS) is 11.6. The van der Waals surface area contributed by atoms with Crippen molar-refractivity contribution in [2.45, 2.75) is 32.6 Å². The number of hydrogen-bond acceptors (Lipinski definition) is 6. The zero-order valence-electron chi connectivity index (χ0n) is 18.5. The predicted molar refractivity (Wildman–Crippen MR) is 129 cm³/mol. The number of ether oxygens (including phenoxy) is 1. The molecule has 6 heteroatoms. The highest BCUT2D eigenvalue weighted by Crippen LogP contribution is 2.21.